The molecule has 3 heterocycles. The molecule has 37 heavy (non-hydrogen) atoms. The van der Waals surface area contributed by atoms with Crippen LogP contribution in [0.15, 0.2) is 67.5 Å². The number of benzene rings is 2. The van der Waals surface area contributed by atoms with Crippen LogP contribution in [0.1, 0.15) is 35.6 Å². The molecule has 5 rings (SSSR count). The van der Waals surface area contributed by atoms with Crippen molar-refractivity contribution in [3.05, 3.63) is 95.1 Å². The Kier molecular flexibility index (Phi) is 7.52. The molecular weight excluding hydrogens is 488 g/mol. The fourth-order valence-corrected chi connectivity index (χ4v) is 4.85. The molecule has 3 aromatic heterocycles. The molecule has 1 atom stereocenters. The van der Waals surface area contributed by atoms with E-state index in [0.717, 1.165) is 22.8 Å². The number of rotatable bonds is 12. The normalized spacial score (nSPS) is 12.4. The highest BCUT2D eigenvalue weighted by Gasteiger charge is 2.26. The summed E-state index contributed by atoms with van der Waals surface area (Å²) in [6.07, 6.45) is 8.31. The molecule has 5 aromatic rings. The number of nitrogens with zero attached hydrogens (tertiary/aromatic N) is 5. The summed E-state index contributed by atoms with van der Waals surface area (Å²) in [5.41, 5.74) is 2.84. The SMILES string of the molecule is O=C(O)[C@H](CCCn1c(Cc2ccc3ccccc3c2)n[nH]c1=S)N(Cc1cnc[nH]1)Cc1cnc[nH]1. The average Bonchev–Trinajstić information content (AvgIpc) is 3.66. The number of hydrogen-bond acceptors (Lipinski definition) is 6. The fraction of sp³-hybridized carbons (Fsp3) is 0.269. The van der Waals surface area contributed by atoms with Gasteiger partial charge in [-0.05, 0) is 41.4 Å². The minimum absolute atomic E-state index is 0.425. The first-order valence-electron chi connectivity index (χ1n) is 12.1. The number of imidazole rings is 2. The van der Waals surface area contributed by atoms with Gasteiger partial charge in [0.25, 0.3) is 0 Å². The van der Waals surface area contributed by atoms with Crippen molar-refractivity contribution < 1.29 is 9.90 Å². The molecule has 0 bridgehead atoms. The second-order valence-corrected chi connectivity index (χ2v) is 9.40. The van der Waals surface area contributed by atoms with E-state index in [1.54, 1.807) is 25.0 Å². The molecule has 10 nitrogen and oxygen atoms in total. The first-order valence-corrected chi connectivity index (χ1v) is 12.5. The largest absolute Gasteiger partial charge is 0.480 e. The van der Waals surface area contributed by atoms with E-state index in [1.165, 1.54) is 10.8 Å². The summed E-state index contributed by atoms with van der Waals surface area (Å²) in [6.45, 7) is 1.42. The summed E-state index contributed by atoms with van der Waals surface area (Å²) in [5, 5.41) is 19.8. The van der Waals surface area contributed by atoms with Gasteiger partial charge in [-0.2, -0.15) is 5.10 Å². The number of fused-ring (bicyclic) bond motifs is 1. The standard InChI is InChI=1S/C26H28N8O2S/c35-25(36)23(33(14-21-12-27-16-29-21)15-22-13-28-17-30-22)6-3-9-34-24(31-32-26(34)37)11-18-7-8-19-4-1-2-5-20(19)10-18/h1-2,4-5,7-8,10,12-13,16-17,23H,3,6,9,11,14-15H2,(H,27,29)(H,28,30)(H,32,37)(H,35,36)/t23-/m0/s1. The van der Waals surface area contributed by atoms with Crippen LogP contribution in [0.3, 0.4) is 0 Å². The van der Waals surface area contributed by atoms with Crippen molar-refractivity contribution >= 4 is 29.0 Å². The van der Waals surface area contributed by atoms with Crippen molar-refractivity contribution in [3.63, 3.8) is 0 Å². The summed E-state index contributed by atoms with van der Waals surface area (Å²) >= 11 is 5.50. The summed E-state index contributed by atoms with van der Waals surface area (Å²) in [4.78, 5) is 28.5. The molecular formula is C26H28N8O2S. The third-order valence-corrected chi connectivity index (χ3v) is 6.77. The maximum Gasteiger partial charge on any atom is 0.320 e. The molecule has 0 aliphatic rings. The lowest BCUT2D eigenvalue weighted by Gasteiger charge is -2.28. The number of hydrogen-bond donors (Lipinski definition) is 4. The summed E-state index contributed by atoms with van der Waals surface area (Å²) in [6, 6.07) is 13.9. The maximum atomic E-state index is 12.3. The lowest BCUT2D eigenvalue weighted by atomic mass is 10.0. The molecule has 190 valence electrons. The Morgan fingerprint density at radius 1 is 1.03 bits per heavy atom. The number of aromatic amines is 3. The van der Waals surface area contributed by atoms with E-state index in [-0.39, 0.29) is 0 Å². The molecule has 0 amide bonds. The molecule has 0 fully saturated rings. The smallest absolute Gasteiger partial charge is 0.320 e. The Bertz CT molecular complexity index is 1470. The van der Waals surface area contributed by atoms with Gasteiger partial charge in [-0.1, -0.05) is 42.5 Å². The molecule has 0 aliphatic carbocycles. The van der Waals surface area contributed by atoms with Gasteiger partial charge in [0, 0.05) is 49.8 Å². The quantitative estimate of drug-likeness (QED) is 0.184. The maximum absolute atomic E-state index is 12.3. The first kappa shape index (κ1) is 24.6. The lowest BCUT2D eigenvalue weighted by Crippen LogP contribution is -2.40. The van der Waals surface area contributed by atoms with Crippen molar-refractivity contribution in [2.45, 2.75) is 44.9 Å². The van der Waals surface area contributed by atoms with E-state index in [1.807, 2.05) is 21.6 Å². The Balaban J connectivity index is 1.28. The van der Waals surface area contributed by atoms with Crippen molar-refractivity contribution in [1.82, 2.24) is 39.6 Å². The fourth-order valence-electron chi connectivity index (χ4n) is 4.61. The predicted octanol–water partition coefficient (Wildman–Crippen LogP) is 4.07. The van der Waals surface area contributed by atoms with E-state index in [4.69, 9.17) is 12.2 Å². The average molecular weight is 517 g/mol. The number of aromatic nitrogens is 7. The Morgan fingerprint density at radius 2 is 1.73 bits per heavy atom. The van der Waals surface area contributed by atoms with Crippen LogP contribution in [0.25, 0.3) is 10.8 Å². The van der Waals surface area contributed by atoms with Gasteiger partial charge in [-0.25, -0.2) is 9.97 Å². The van der Waals surface area contributed by atoms with Gasteiger partial charge in [-0.3, -0.25) is 14.8 Å². The van der Waals surface area contributed by atoms with Crippen LogP contribution in [-0.4, -0.2) is 56.7 Å². The number of aliphatic carboxylic acids is 1. The Labute approximate surface area is 218 Å². The van der Waals surface area contributed by atoms with Crippen LogP contribution in [-0.2, 0) is 30.8 Å². The number of nitrogens with one attached hydrogen (secondary N) is 3. The van der Waals surface area contributed by atoms with Gasteiger partial charge in [0.15, 0.2) is 4.77 Å². The summed E-state index contributed by atoms with van der Waals surface area (Å²) < 4.78 is 2.51. The first-order chi connectivity index (χ1) is 18.1. The van der Waals surface area contributed by atoms with Crippen molar-refractivity contribution in [2.24, 2.45) is 0 Å². The minimum atomic E-state index is -0.869. The van der Waals surface area contributed by atoms with Crippen LogP contribution in [0, 0.1) is 4.77 Å². The third kappa shape index (κ3) is 6.01. The van der Waals surface area contributed by atoms with Crippen molar-refractivity contribution in [2.75, 3.05) is 0 Å². The molecule has 0 saturated heterocycles. The number of carboxylic acid groups (broad SMARTS) is 1. The van der Waals surface area contributed by atoms with Crippen LogP contribution >= 0.6 is 12.2 Å². The van der Waals surface area contributed by atoms with E-state index >= 15 is 0 Å². The van der Waals surface area contributed by atoms with Gasteiger partial charge >= 0.3 is 5.97 Å². The number of carbonyl (C=O) groups is 1. The summed E-state index contributed by atoms with van der Waals surface area (Å²) in [7, 11) is 0. The molecule has 2 aromatic carbocycles. The monoisotopic (exact) mass is 516 g/mol. The molecule has 11 heteroatoms. The van der Waals surface area contributed by atoms with Crippen LogP contribution < -0.4 is 0 Å². The van der Waals surface area contributed by atoms with Crippen molar-refractivity contribution in [1.29, 1.82) is 0 Å². The molecule has 0 saturated carbocycles. The zero-order chi connectivity index (χ0) is 25.6. The van der Waals surface area contributed by atoms with E-state index < -0.39 is 12.0 Å². The highest BCUT2D eigenvalue weighted by Crippen LogP contribution is 2.19. The van der Waals surface area contributed by atoms with E-state index in [0.29, 0.717) is 43.7 Å². The van der Waals surface area contributed by atoms with Gasteiger partial charge < -0.3 is 19.6 Å². The predicted molar refractivity (Wildman–Crippen MR) is 141 cm³/mol. The third-order valence-electron chi connectivity index (χ3n) is 6.46. The van der Waals surface area contributed by atoms with Gasteiger partial charge in [0.05, 0.1) is 12.7 Å². The van der Waals surface area contributed by atoms with Crippen LogP contribution in [0.2, 0.25) is 0 Å². The zero-order valence-electron chi connectivity index (χ0n) is 20.2. The Hall–Kier alpha value is -4.09. The van der Waals surface area contributed by atoms with E-state index in [9.17, 15) is 9.90 Å². The van der Waals surface area contributed by atoms with E-state index in [2.05, 4.69) is 60.5 Å². The summed E-state index contributed by atoms with van der Waals surface area (Å²) in [5.74, 6) is -0.0369. The molecule has 0 spiro atoms. The second kappa shape index (κ2) is 11.3. The van der Waals surface area contributed by atoms with Crippen LogP contribution in [0.4, 0.5) is 0 Å². The molecule has 0 unspecified atom stereocenters. The minimum Gasteiger partial charge on any atom is -0.480 e. The van der Waals surface area contributed by atoms with Gasteiger partial charge in [0.1, 0.15) is 11.9 Å². The van der Waals surface area contributed by atoms with Crippen molar-refractivity contribution in [3.8, 4) is 0 Å². The van der Waals surface area contributed by atoms with Crippen LogP contribution in [0.5, 0.6) is 0 Å². The number of carboxylic acids is 1. The molecule has 4 N–H and O–H groups in total. The number of H-pyrrole nitrogens is 3. The Morgan fingerprint density at radius 3 is 2.38 bits per heavy atom. The molecule has 0 radical (unpaired) electrons. The highest BCUT2D eigenvalue weighted by atomic mass is 32.1. The second-order valence-electron chi connectivity index (χ2n) is 9.01. The topological polar surface area (TPSA) is 132 Å². The highest BCUT2D eigenvalue weighted by molar-refractivity contribution is 7.71. The zero-order valence-corrected chi connectivity index (χ0v) is 21.0. The van der Waals surface area contributed by atoms with Gasteiger partial charge in [-0.15, -0.1) is 0 Å². The molecule has 0 aliphatic heterocycles. The lowest BCUT2D eigenvalue weighted by molar-refractivity contribution is -0.144. The van der Waals surface area contributed by atoms with Gasteiger partial charge in [0.2, 0.25) is 0 Å².